The number of hydrogen-bond donors (Lipinski definition) is 1. The highest BCUT2D eigenvalue weighted by Gasteiger charge is 2.45. The average Bonchev–Trinajstić information content (AvgIpc) is 2.69. The molecule has 96 valence electrons. The zero-order valence-corrected chi connectivity index (χ0v) is 11.6. The molecule has 16 heavy (non-hydrogen) atoms. The number of nitrogens with two attached hydrogens (primary N) is 1. The maximum absolute atomic E-state index is 6.16. The molecule has 0 radical (unpaired) electrons. The molecule has 2 unspecified atom stereocenters. The minimum Gasteiger partial charge on any atom is -0.329 e. The van der Waals surface area contributed by atoms with Crippen LogP contribution in [0.2, 0.25) is 0 Å². The highest BCUT2D eigenvalue weighted by molar-refractivity contribution is 5.02. The summed E-state index contributed by atoms with van der Waals surface area (Å²) in [7, 11) is 0. The largest absolute Gasteiger partial charge is 0.329 e. The van der Waals surface area contributed by atoms with Gasteiger partial charge in [0.25, 0.3) is 0 Å². The predicted molar refractivity (Wildman–Crippen MR) is 71.6 cm³/mol. The third kappa shape index (κ3) is 2.43. The quantitative estimate of drug-likeness (QED) is 0.754. The molecule has 1 fully saturated rings. The van der Waals surface area contributed by atoms with Crippen molar-refractivity contribution >= 4 is 0 Å². The molecule has 2 heteroatoms. The van der Waals surface area contributed by atoms with Gasteiger partial charge in [-0.05, 0) is 45.6 Å². The van der Waals surface area contributed by atoms with E-state index >= 15 is 0 Å². The first-order valence-corrected chi connectivity index (χ1v) is 7.09. The second-order valence-corrected chi connectivity index (χ2v) is 5.59. The van der Waals surface area contributed by atoms with Gasteiger partial charge >= 0.3 is 0 Å². The van der Waals surface area contributed by atoms with Gasteiger partial charge in [0.2, 0.25) is 0 Å². The van der Waals surface area contributed by atoms with E-state index in [1.807, 2.05) is 0 Å². The molecule has 0 aromatic carbocycles. The average molecular weight is 226 g/mol. The van der Waals surface area contributed by atoms with Crippen molar-refractivity contribution in [3.05, 3.63) is 0 Å². The molecule has 2 atom stereocenters. The normalized spacial score (nSPS) is 30.6. The van der Waals surface area contributed by atoms with Gasteiger partial charge in [-0.25, -0.2) is 0 Å². The van der Waals surface area contributed by atoms with E-state index in [9.17, 15) is 0 Å². The Hall–Kier alpha value is -0.0800. The first-order valence-electron chi connectivity index (χ1n) is 7.09. The van der Waals surface area contributed by atoms with Crippen molar-refractivity contribution in [2.45, 2.75) is 71.4 Å². The Balaban J connectivity index is 2.90. The molecule has 0 heterocycles. The Kier molecular flexibility index (Phi) is 5.26. The van der Waals surface area contributed by atoms with Gasteiger partial charge in [0.1, 0.15) is 0 Å². The summed E-state index contributed by atoms with van der Waals surface area (Å²) in [5.74, 6) is 0.812. The number of rotatable bonds is 6. The van der Waals surface area contributed by atoms with E-state index in [-0.39, 0.29) is 0 Å². The molecule has 0 bridgehead atoms. The van der Waals surface area contributed by atoms with Gasteiger partial charge in [0.15, 0.2) is 0 Å². The smallest absolute Gasteiger partial charge is 0.0362 e. The zero-order valence-electron chi connectivity index (χ0n) is 11.6. The maximum atomic E-state index is 6.16. The van der Waals surface area contributed by atoms with E-state index in [0.29, 0.717) is 11.6 Å². The number of nitrogens with zero attached hydrogens (tertiary/aromatic N) is 1. The fourth-order valence-electron chi connectivity index (χ4n) is 3.71. The molecule has 0 amide bonds. The second kappa shape index (κ2) is 6.02. The lowest BCUT2D eigenvalue weighted by molar-refractivity contribution is 0.0282. The van der Waals surface area contributed by atoms with Gasteiger partial charge in [-0.15, -0.1) is 0 Å². The highest BCUT2D eigenvalue weighted by Crippen LogP contribution is 2.42. The monoisotopic (exact) mass is 226 g/mol. The Labute approximate surface area is 102 Å². The van der Waals surface area contributed by atoms with Crippen molar-refractivity contribution in [2.75, 3.05) is 13.1 Å². The van der Waals surface area contributed by atoms with Crippen LogP contribution < -0.4 is 5.73 Å². The van der Waals surface area contributed by atoms with Gasteiger partial charge in [0.05, 0.1) is 0 Å². The Morgan fingerprint density at radius 2 is 2.06 bits per heavy atom. The minimum absolute atomic E-state index is 0.304. The molecule has 1 aliphatic rings. The Morgan fingerprint density at radius 1 is 1.38 bits per heavy atom. The van der Waals surface area contributed by atoms with Gasteiger partial charge in [-0.1, -0.05) is 26.7 Å². The van der Waals surface area contributed by atoms with E-state index in [4.69, 9.17) is 5.73 Å². The fraction of sp³-hybridized carbons (Fsp3) is 1.00. The van der Waals surface area contributed by atoms with E-state index in [1.54, 1.807) is 0 Å². The van der Waals surface area contributed by atoms with Crippen molar-refractivity contribution in [3.63, 3.8) is 0 Å². The first-order chi connectivity index (χ1) is 7.62. The third-order valence-corrected chi connectivity index (χ3v) is 4.43. The second-order valence-electron chi connectivity index (χ2n) is 5.59. The summed E-state index contributed by atoms with van der Waals surface area (Å²) in [6.07, 6.45) is 6.56. The van der Waals surface area contributed by atoms with E-state index in [0.717, 1.165) is 12.5 Å². The summed E-state index contributed by atoms with van der Waals surface area (Å²) >= 11 is 0. The molecule has 0 saturated heterocycles. The molecule has 0 aromatic rings. The van der Waals surface area contributed by atoms with E-state index in [1.165, 1.54) is 38.6 Å². The van der Waals surface area contributed by atoms with Gasteiger partial charge in [-0.3, -0.25) is 4.90 Å². The van der Waals surface area contributed by atoms with Crippen LogP contribution in [0.1, 0.15) is 59.8 Å². The van der Waals surface area contributed by atoms with Gasteiger partial charge in [-0.2, -0.15) is 0 Å². The standard InChI is InChI=1S/C14H30N2/c1-5-10-16(12(3)4)14(11-15)9-7-8-13(14)6-2/h12-13H,5-11,15H2,1-4H3. The molecular weight excluding hydrogens is 196 g/mol. The molecule has 2 nitrogen and oxygen atoms in total. The molecule has 1 saturated carbocycles. The van der Waals surface area contributed by atoms with Crippen LogP contribution in [0.5, 0.6) is 0 Å². The van der Waals surface area contributed by atoms with Crippen molar-refractivity contribution in [1.29, 1.82) is 0 Å². The van der Waals surface area contributed by atoms with Gasteiger partial charge in [0, 0.05) is 18.1 Å². The van der Waals surface area contributed by atoms with Crippen molar-refractivity contribution in [2.24, 2.45) is 11.7 Å². The Bertz CT molecular complexity index is 203. The third-order valence-electron chi connectivity index (χ3n) is 4.43. The van der Waals surface area contributed by atoms with Crippen LogP contribution in [0.25, 0.3) is 0 Å². The summed E-state index contributed by atoms with van der Waals surface area (Å²) in [5.41, 5.74) is 6.47. The van der Waals surface area contributed by atoms with Crippen LogP contribution in [-0.4, -0.2) is 29.6 Å². The molecule has 0 spiro atoms. The summed E-state index contributed by atoms with van der Waals surface area (Å²) < 4.78 is 0. The van der Waals surface area contributed by atoms with Crippen LogP contribution in [0, 0.1) is 5.92 Å². The molecule has 2 N–H and O–H groups in total. The van der Waals surface area contributed by atoms with E-state index < -0.39 is 0 Å². The molecule has 0 aromatic heterocycles. The van der Waals surface area contributed by atoms with Gasteiger partial charge < -0.3 is 5.73 Å². The zero-order chi connectivity index (χ0) is 12.2. The van der Waals surface area contributed by atoms with Crippen molar-refractivity contribution in [1.82, 2.24) is 4.90 Å². The topological polar surface area (TPSA) is 29.3 Å². The summed E-state index contributed by atoms with van der Waals surface area (Å²) in [5, 5.41) is 0. The lowest BCUT2D eigenvalue weighted by Gasteiger charge is -2.47. The van der Waals surface area contributed by atoms with Crippen LogP contribution in [0.15, 0.2) is 0 Å². The molecule has 1 rings (SSSR count). The van der Waals surface area contributed by atoms with Crippen LogP contribution in [0.3, 0.4) is 0 Å². The fourth-order valence-corrected chi connectivity index (χ4v) is 3.71. The first kappa shape index (κ1) is 14.0. The van der Waals surface area contributed by atoms with E-state index in [2.05, 4.69) is 32.6 Å². The summed E-state index contributed by atoms with van der Waals surface area (Å²) in [4.78, 5) is 2.69. The van der Waals surface area contributed by atoms with Crippen LogP contribution >= 0.6 is 0 Å². The maximum Gasteiger partial charge on any atom is 0.0362 e. The molecule has 1 aliphatic carbocycles. The van der Waals surface area contributed by atoms with Crippen LogP contribution in [-0.2, 0) is 0 Å². The summed E-state index contributed by atoms with van der Waals surface area (Å²) in [6, 6.07) is 0.621. The lowest BCUT2D eigenvalue weighted by atomic mass is 9.82. The predicted octanol–water partition coefficient (Wildman–Crippen LogP) is 3.01. The molecule has 0 aliphatic heterocycles. The van der Waals surface area contributed by atoms with Crippen molar-refractivity contribution < 1.29 is 0 Å². The number of hydrogen-bond acceptors (Lipinski definition) is 2. The van der Waals surface area contributed by atoms with Crippen LogP contribution in [0.4, 0.5) is 0 Å². The minimum atomic E-state index is 0.304. The summed E-state index contributed by atoms with van der Waals surface area (Å²) in [6.45, 7) is 11.3. The Morgan fingerprint density at radius 3 is 2.50 bits per heavy atom. The van der Waals surface area contributed by atoms with Crippen molar-refractivity contribution in [3.8, 4) is 0 Å². The highest BCUT2D eigenvalue weighted by atomic mass is 15.2. The lowest BCUT2D eigenvalue weighted by Crippen LogP contribution is -2.58. The SMILES string of the molecule is CCCN(C(C)C)C1(CN)CCCC1CC. The molecular formula is C14H30N2.